The lowest BCUT2D eigenvalue weighted by atomic mass is 10.3. The maximum Gasteiger partial charge on any atom is 0.197 e. The predicted octanol–water partition coefficient (Wildman–Crippen LogP) is 1.39. The van der Waals surface area contributed by atoms with Crippen LogP contribution in [-0.2, 0) is 4.84 Å². The van der Waals surface area contributed by atoms with Gasteiger partial charge in [-0.2, -0.15) is 0 Å². The first-order valence-electron chi connectivity index (χ1n) is 2.65. The Hall–Kier alpha value is -1.38. The van der Waals surface area contributed by atoms with Gasteiger partial charge in [-0.05, 0) is 6.72 Å². The van der Waals surface area contributed by atoms with E-state index in [4.69, 9.17) is 0 Å². The molecule has 0 amide bonds. The van der Waals surface area contributed by atoms with Crippen LogP contribution in [-0.4, -0.2) is 19.7 Å². The van der Waals surface area contributed by atoms with Gasteiger partial charge in [0.25, 0.3) is 0 Å². The van der Waals surface area contributed by atoms with Crippen molar-refractivity contribution in [2.75, 3.05) is 7.11 Å². The molecule has 54 valence electrons. The van der Waals surface area contributed by atoms with Gasteiger partial charge >= 0.3 is 0 Å². The van der Waals surface area contributed by atoms with Crippen LogP contribution in [0, 0.1) is 0 Å². The average molecular weight is 138 g/mol. The molecule has 0 saturated carbocycles. The first-order chi connectivity index (χ1) is 4.76. The van der Waals surface area contributed by atoms with Crippen molar-refractivity contribution in [1.29, 1.82) is 0 Å². The second-order valence-corrected chi connectivity index (χ2v) is 1.48. The Morgan fingerprint density at radius 2 is 2.20 bits per heavy atom. The molecule has 0 aromatic heterocycles. The van der Waals surface area contributed by atoms with E-state index < -0.39 is 0 Å². The van der Waals surface area contributed by atoms with Gasteiger partial charge in [-0.15, -0.1) is 0 Å². The van der Waals surface area contributed by atoms with E-state index in [1.54, 1.807) is 0 Å². The Labute approximate surface area is 60.4 Å². The number of amidine groups is 1. The van der Waals surface area contributed by atoms with E-state index >= 15 is 0 Å². The normalized spacial score (nSPS) is 10.3. The average Bonchev–Trinajstić information content (AvgIpc) is 1.99. The fourth-order valence-electron chi connectivity index (χ4n) is 0.367. The van der Waals surface area contributed by atoms with Crippen LogP contribution in [0.25, 0.3) is 0 Å². The highest BCUT2D eigenvalue weighted by atomic mass is 16.6. The molecule has 0 fully saturated rings. The van der Waals surface area contributed by atoms with Gasteiger partial charge in [-0.25, -0.2) is 4.99 Å². The van der Waals surface area contributed by atoms with Crippen molar-refractivity contribution < 1.29 is 4.84 Å². The topological polar surface area (TPSA) is 34.0 Å². The smallest absolute Gasteiger partial charge is 0.197 e. The van der Waals surface area contributed by atoms with Crippen LogP contribution in [0.15, 0.2) is 35.0 Å². The number of oxime groups is 1. The third-order valence-corrected chi connectivity index (χ3v) is 0.861. The first-order valence-corrected chi connectivity index (χ1v) is 2.65. The Morgan fingerprint density at radius 1 is 1.60 bits per heavy atom. The molecule has 3 nitrogen and oxygen atoms in total. The summed E-state index contributed by atoms with van der Waals surface area (Å²) in [5, 5.41) is 3.53. The molecule has 0 radical (unpaired) electrons. The summed E-state index contributed by atoms with van der Waals surface area (Å²) in [5.41, 5.74) is 0.594. The maximum absolute atomic E-state index is 4.46. The molecule has 0 aliphatic carbocycles. The molecule has 0 bridgehead atoms. The van der Waals surface area contributed by atoms with Crippen LogP contribution in [0.5, 0.6) is 0 Å². The van der Waals surface area contributed by atoms with Crippen LogP contribution in [0.3, 0.4) is 0 Å². The molecule has 10 heavy (non-hydrogen) atoms. The van der Waals surface area contributed by atoms with Crippen molar-refractivity contribution in [3.05, 3.63) is 24.8 Å². The van der Waals surface area contributed by atoms with Crippen molar-refractivity contribution in [1.82, 2.24) is 0 Å². The minimum Gasteiger partial charge on any atom is -0.397 e. The molecule has 0 aliphatic heterocycles. The van der Waals surface area contributed by atoms with Gasteiger partial charge in [0.15, 0.2) is 5.84 Å². The van der Waals surface area contributed by atoms with Crippen molar-refractivity contribution in [2.45, 2.75) is 0 Å². The van der Waals surface area contributed by atoms with E-state index in [0.29, 0.717) is 11.4 Å². The molecular weight excluding hydrogens is 128 g/mol. The van der Waals surface area contributed by atoms with Crippen molar-refractivity contribution in [3.63, 3.8) is 0 Å². The summed E-state index contributed by atoms with van der Waals surface area (Å²) in [5.74, 6) is 0.359. The lowest BCUT2D eigenvalue weighted by molar-refractivity contribution is 0.213. The second kappa shape index (κ2) is 4.49. The van der Waals surface area contributed by atoms with E-state index in [1.165, 1.54) is 13.2 Å². The highest BCUT2D eigenvalue weighted by molar-refractivity contribution is 6.02. The van der Waals surface area contributed by atoms with Gasteiger partial charge in [-0.1, -0.05) is 24.4 Å². The summed E-state index contributed by atoms with van der Waals surface area (Å²) in [6.45, 7) is 10.4. The predicted molar refractivity (Wildman–Crippen MR) is 43.3 cm³/mol. The number of rotatable bonds is 3. The number of nitrogens with zero attached hydrogens (tertiary/aromatic N) is 2. The lowest BCUT2D eigenvalue weighted by Crippen LogP contribution is -1.94. The third kappa shape index (κ3) is 2.26. The summed E-state index contributed by atoms with van der Waals surface area (Å²) in [7, 11) is 1.43. The van der Waals surface area contributed by atoms with E-state index in [0.717, 1.165) is 0 Å². The van der Waals surface area contributed by atoms with Crippen LogP contribution in [0.4, 0.5) is 0 Å². The quantitative estimate of drug-likeness (QED) is 0.251. The Morgan fingerprint density at radius 3 is 2.50 bits per heavy atom. The highest BCUT2D eigenvalue weighted by Crippen LogP contribution is 1.96. The van der Waals surface area contributed by atoms with Crippen LogP contribution >= 0.6 is 0 Å². The fraction of sp³-hybridized carbons (Fsp3) is 0.143. The van der Waals surface area contributed by atoms with Crippen molar-refractivity contribution in [3.8, 4) is 0 Å². The first kappa shape index (κ1) is 8.62. The largest absolute Gasteiger partial charge is 0.397 e. The fourth-order valence-corrected chi connectivity index (χ4v) is 0.367. The Balaban J connectivity index is 4.34. The third-order valence-electron chi connectivity index (χ3n) is 0.861. The van der Waals surface area contributed by atoms with Gasteiger partial charge in [0, 0.05) is 5.57 Å². The molecule has 0 rings (SSSR count). The summed E-state index contributed by atoms with van der Waals surface area (Å²) >= 11 is 0. The molecule has 0 aliphatic rings. The van der Waals surface area contributed by atoms with Gasteiger partial charge in [0.1, 0.15) is 7.11 Å². The number of hydrogen-bond donors (Lipinski definition) is 0. The summed E-state index contributed by atoms with van der Waals surface area (Å²) in [4.78, 5) is 8.02. The minimum atomic E-state index is 0.359. The SMILES string of the molecule is C=CC(=C)/C(N=C)=N\OC. The maximum atomic E-state index is 4.46. The number of hydrogen-bond acceptors (Lipinski definition) is 2. The summed E-state index contributed by atoms with van der Waals surface area (Å²) < 4.78 is 0. The summed E-state index contributed by atoms with van der Waals surface area (Å²) in [6, 6.07) is 0. The van der Waals surface area contributed by atoms with Gasteiger partial charge in [-0.3, -0.25) is 0 Å². The molecular formula is C7H10N2O. The van der Waals surface area contributed by atoms with E-state index in [2.05, 4.69) is 34.9 Å². The van der Waals surface area contributed by atoms with E-state index in [1.807, 2.05) is 0 Å². The molecule has 0 heterocycles. The molecule has 0 saturated heterocycles. The highest BCUT2D eigenvalue weighted by Gasteiger charge is 1.95. The Bertz CT molecular complexity index is 182. The molecule has 0 atom stereocenters. The Kier molecular flexibility index (Phi) is 3.87. The van der Waals surface area contributed by atoms with Crippen molar-refractivity contribution >= 4 is 12.6 Å². The van der Waals surface area contributed by atoms with Gasteiger partial charge in [0.05, 0.1) is 0 Å². The van der Waals surface area contributed by atoms with Crippen LogP contribution in [0.1, 0.15) is 0 Å². The monoisotopic (exact) mass is 138 g/mol. The molecule has 0 N–H and O–H groups in total. The second-order valence-electron chi connectivity index (χ2n) is 1.48. The zero-order valence-corrected chi connectivity index (χ0v) is 6.00. The molecule has 0 spiro atoms. The van der Waals surface area contributed by atoms with Crippen molar-refractivity contribution in [2.24, 2.45) is 10.1 Å². The minimum absolute atomic E-state index is 0.359. The van der Waals surface area contributed by atoms with E-state index in [9.17, 15) is 0 Å². The molecule has 0 aromatic rings. The number of aliphatic imine (C=N–C) groups is 1. The molecule has 3 heteroatoms. The summed E-state index contributed by atoms with van der Waals surface area (Å²) in [6.07, 6.45) is 1.53. The lowest BCUT2D eigenvalue weighted by Gasteiger charge is -1.95. The van der Waals surface area contributed by atoms with Gasteiger partial charge < -0.3 is 4.84 Å². The molecule has 0 unspecified atom stereocenters. The van der Waals surface area contributed by atoms with E-state index in [-0.39, 0.29) is 0 Å². The van der Waals surface area contributed by atoms with Crippen LogP contribution < -0.4 is 0 Å². The zero-order chi connectivity index (χ0) is 7.98. The standard InChI is InChI=1S/C7H10N2O/c1-5-6(2)7(8-3)9-10-4/h5H,1-3H2,4H3/b9-7+. The van der Waals surface area contributed by atoms with Crippen LogP contribution in [0.2, 0.25) is 0 Å². The van der Waals surface area contributed by atoms with Gasteiger partial charge in [0.2, 0.25) is 0 Å². The zero-order valence-electron chi connectivity index (χ0n) is 6.00. The molecule has 0 aromatic carbocycles.